The molecule has 0 aliphatic carbocycles. The molecule has 0 saturated heterocycles. The zero-order valence-corrected chi connectivity index (χ0v) is 18.1. The van der Waals surface area contributed by atoms with Crippen LogP contribution in [0.1, 0.15) is 22.8 Å². The van der Waals surface area contributed by atoms with Crippen LogP contribution in [0.5, 0.6) is 5.75 Å². The van der Waals surface area contributed by atoms with Crippen molar-refractivity contribution in [3.05, 3.63) is 102 Å². The van der Waals surface area contributed by atoms with Gasteiger partial charge in [-0.2, -0.15) is 0 Å². The van der Waals surface area contributed by atoms with E-state index in [0.29, 0.717) is 37.6 Å². The van der Waals surface area contributed by atoms with Crippen molar-refractivity contribution in [2.45, 2.75) is 12.5 Å². The zero-order valence-electron chi connectivity index (χ0n) is 18.1. The van der Waals surface area contributed by atoms with Crippen molar-refractivity contribution in [2.24, 2.45) is 0 Å². The van der Waals surface area contributed by atoms with Crippen molar-refractivity contribution < 1.29 is 28.5 Å². The number of carboxylic acid groups (broad SMARTS) is 1. The number of hydrogen-bond donors (Lipinski definition) is 0. The molecule has 1 heterocycles. The Labute approximate surface area is 192 Å². The van der Waals surface area contributed by atoms with E-state index in [1.165, 1.54) is 0 Å². The highest BCUT2D eigenvalue weighted by atomic mass is 16.5. The third kappa shape index (κ3) is 6.00. The molecule has 4 rings (SSSR count). The summed E-state index contributed by atoms with van der Waals surface area (Å²) < 4.78 is 22.8. The van der Waals surface area contributed by atoms with Crippen molar-refractivity contribution in [3.8, 4) is 5.75 Å². The summed E-state index contributed by atoms with van der Waals surface area (Å²) in [5.74, 6) is -0.902. The van der Waals surface area contributed by atoms with E-state index in [1.807, 2.05) is 42.5 Å². The monoisotopic (exact) mass is 445 g/mol. The van der Waals surface area contributed by atoms with Gasteiger partial charge in [-0.3, -0.25) is 0 Å². The van der Waals surface area contributed by atoms with E-state index in [1.54, 1.807) is 18.4 Å². The Hall–Kier alpha value is -3.61. The number of benzene rings is 3. The SMILES string of the molecule is O=C([O-])COc1cccc2c(CCOCCOC(c3ccccc3)c3ccccc3)coc12. The van der Waals surface area contributed by atoms with Crippen LogP contribution in [0.15, 0.2) is 89.5 Å². The average Bonchev–Trinajstić information content (AvgIpc) is 3.27. The van der Waals surface area contributed by atoms with E-state index in [9.17, 15) is 9.90 Å². The van der Waals surface area contributed by atoms with Gasteiger partial charge in [0.1, 0.15) is 12.7 Å². The quantitative estimate of drug-likeness (QED) is 0.308. The van der Waals surface area contributed by atoms with E-state index < -0.39 is 12.6 Å². The third-order valence-electron chi connectivity index (χ3n) is 5.22. The van der Waals surface area contributed by atoms with Crippen molar-refractivity contribution in [3.63, 3.8) is 0 Å². The number of carbonyl (C=O) groups is 1. The van der Waals surface area contributed by atoms with Crippen LogP contribution in [0.4, 0.5) is 0 Å². The summed E-state index contributed by atoms with van der Waals surface area (Å²) in [5.41, 5.74) is 3.69. The predicted molar refractivity (Wildman–Crippen MR) is 122 cm³/mol. The second-order valence-electron chi connectivity index (χ2n) is 7.49. The smallest absolute Gasteiger partial charge is 0.175 e. The molecule has 0 bridgehead atoms. The number of carboxylic acids is 1. The highest BCUT2D eigenvalue weighted by Gasteiger charge is 2.14. The second-order valence-corrected chi connectivity index (χ2v) is 7.49. The first kappa shape index (κ1) is 22.6. The Morgan fingerprint density at radius 3 is 2.21 bits per heavy atom. The van der Waals surface area contributed by atoms with Gasteiger partial charge in [-0.25, -0.2) is 0 Å². The Morgan fingerprint density at radius 1 is 0.848 bits per heavy atom. The van der Waals surface area contributed by atoms with Crippen molar-refractivity contribution in [1.29, 1.82) is 0 Å². The molecule has 0 saturated carbocycles. The van der Waals surface area contributed by atoms with Crippen molar-refractivity contribution in [1.82, 2.24) is 0 Å². The number of hydrogen-bond acceptors (Lipinski definition) is 6. The molecule has 6 heteroatoms. The first-order valence-electron chi connectivity index (χ1n) is 10.8. The molecular weight excluding hydrogens is 420 g/mol. The number of rotatable bonds is 12. The van der Waals surface area contributed by atoms with Crippen molar-refractivity contribution >= 4 is 16.9 Å². The molecule has 0 spiro atoms. The highest BCUT2D eigenvalue weighted by Crippen LogP contribution is 2.30. The summed E-state index contributed by atoms with van der Waals surface area (Å²) >= 11 is 0. The van der Waals surface area contributed by atoms with Gasteiger partial charge in [-0.1, -0.05) is 72.8 Å². The lowest BCUT2D eigenvalue weighted by Gasteiger charge is -2.19. The first-order valence-corrected chi connectivity index (χ1v) is 10.8. The summed E-state index contributed by atoms with van der Waals surface area (Å²) in [5, 5.41) is 11.5. The largest absolute Gasteiger partial charge is 0.546 e. The fourth-order valence-electron chi connectivity index (χ4n) is 3.68. The van der Waals surface area contributed by atoms with E-state index in [0.717, 1.165) is 22.1 Å². The molecule has 0 aliphatic rings. The first-order chi connectivity index (χ1) is 16.2. The van der Waals surface area contributed by atoms with Crippen LogP contribution in [0, 0.1) is 0 Å². The number of ether oxygens (including phenoxy) is 3. The Morgan fingerprint density at radius 2 is 1.55 bits per heavy atom. The summed E-state index contributed by atoms with van der Waals surface area (Å²) in [4.78, 5) is 10.7. The topological polar surface area (TPSA) is 81.0 Å². The molecule has 0 unspecified atom stereocenters. The maximum atomic E-state index is 10.7. The Kier molecular flexibility index (Phi) is 7.74. The molecule has 0 amide bonds. The Bertz CT molecular complexity index is 1110. The molecule has 0 radical (unpaired) electrons. The summed E-state index contributed by atoms with van der Waals surface area (Å²) in [7, 11) is 0. The second kappa shape index (κ2) is 11.3. The predicted octanol–water partition coefficient (Wildman–Crippen LogP) is 3.93. The van der Waals surface area contributed by atoms with E-state index in [2.05, 4.69) is 24.3 Å². The molecule has 1 aromatic heterocycles. The van der Waals surface area contributed by atoms with Crippen LogP contribution in [-0.4, -0.2) is 32.4 Å². The van der Waals surface area contributed by atoms with Gasteiger partial charge in [0.2, 0.25) is 0 Å². The van der Waals surface area contributed by atoms with Gasteiger partial charge in [0.25, 0.3) is 0 Å². The van der Waals surface area contributed by atoms with Crippen LogP contribution in [0.2, 0.25) is 0 Å². The van der Waals surface area contributed by atoms with Crippen LogP contribution in [0.25, 0.3) is 11.0 Å². The molecule has 0 N–H and O–H groups in total. The molecule has 3 aromatic carbocycles. The minimum atomic E-state index is -1.28. The van der Waals surface area contributed by atoms with Crippen LogP contribution in [-0.2, 0) is 20.7 Å². The zero-order chi connectivity index (χ0) is 22.9. The highest BCUT2D eigenvalue weighted by molar-refractivity contribution is 5.86. The Balaban J connectivity index is 1.28. The maximum absolute atomic E-state index is 10.7. The van der Waals surface area contributed by atoms with Gasteiger partial charge in [-0.05, 0) is 23.6 Å². The standard InChI is InChI=1S/C27H26O6/c28-25(29)19-32-24-13-7-12-23-22(18-33-27(23)24)14-15-30-16-17-31-26(20-8-3-1-4-9-20)21-10-5-2-6-11-21/h1-13,18,26H,14-17,19H2,(H,28,29)/p-1. The molecule has 0 atom stereocenters. The van der Waals surface area contributed by atoms with Crippen molar-refractivity contribution in [2.75, 3.05) is 26.4 Å². The lowest BCUT2D eigenvalue weighted by atomic mass is 10.0. The summed E-state index contributed by atoms with van der Waals surface area (Å²) in [6.07, 6.45) is 2.16. The number of furan rings is 1. The van der Waals surface area contributed by atoms with Gasteiger partial charge in [-0.15, -0.1) is 0 Å². The van der Waals surface area contributed by atoms with Crippen LogP contribution < -0.4 is 9.84 Å². The number of aliphatic carboxylic acids is 1. The number of carbonyl (C=O) groups excluding carboxylic acids is 1. The van der Waals surface area contributed by atoms with Gasteiger partial charge < -0.3 is 28.5 Å². The molecular formula is C27H25O6-. The minimum Gasteiger partial charge on any atom is -0.546 e. The molecule has 4 aromatic rings. The fourth-order valence-corrected chi connectivity index (χ4v) is 3.68. The van der Waals surface area contributed by atoms with Gasteiger partial charge in [0.05, 0.1) is 32.1 Å². The fraction of sp³-hybridized carbons (Fsp3) is 0.222. The minimum absolute atomic E-state index is 0.145. The van der Waals surface area contributed by atoms with Crippen LogP contribution in [0.3, 0.4) is 0 Å². The molecule has 33 heavy (non-hydrogen) atoms. The van der Waals surface area contributed by atoms with Gasteiger partial charge in [0.15, 0.2) is 11.3 Å². The average molecular weight is 445 g/mol. The molecule has 0 fully saturated rings. The molecule has 170 valence electrons. The summed E-state index contributed by atoms with van der Waals surface area (Å²) in [6, 6.07) is 25.7. The number of para-hydroxylation sites is 1. The third-order valence-corrected chi connectivity index (χ3v) is 5.22. The van der Waals surface area contributed by atoms with E-state index in [4.69, 9.17) is 18.6 Å². The van der Waals surface area contributed by atoms with E-state index >= 15 is 0 Å². The number of fused-ring (bicyclic) bond motifs is 1. The van der Waals surface area contributed by atoms with Gasteiger partial charge in [0, 0.05) is 10.9 Å². The lowest BCUT2D eigenvalue weighted by molar-refractivity contribution is -0.307. The summed E-state index contributed by atoms with van der Waals surface area (Å²) in [6.45, 7) is 0.905. The maximum Gasteiger partial charge on any atom is 0.175 e. The lowest BCUT2D eigenvalue weighted by Crippen LogP contribution is -2.28. The molecule has 6 nitrogen and oxygen atoms in total. The van der Waals surface area contributed by atoms with E-state index in [-0.39, 0.29) is 6.10 Å². The van der Waals surface area contributed by atoms with Crippen LogP contribution >= 0.6 is 0 Å². The van der Waals surface area contributed by atoms with Gasteiger partial charge >= 0.3 is 0 Å². The normalized spacial score (nSPS) is 11.2. The molecule has 0 aliphatic heterocycles.